The first-order valence-corrected chi connectivity index (χ1v) is 5.56. The van der Waals surface area contributed by atoms with Gasteiger partial charge in [0.2, 0.25) is 0 Å². The highest BCUT2D eigenvalue weighted by Crippen LogP contribution is 2.35. The summed E-state index contributed by atoms with van der Waals surface area (Å²) in [5.41, 5.74) is 2.98. The summed E-state index contributed by atoms with van der Waals surface area (Å²) in [6, 6.07) is 8.04. The van der Waals surface area contributed by atoms with Gasteiger partial charge in [0.25, 0.3) is 0 Å². The maximum atomic E-state index is 12.9. The minimum absolute atomic E-state index is 0.244. The zero-order chi connectivity index (χ0) is 15.6. The predicted octanol–water partition coefficient (Wildman–Crippen LogP) is 2.25. The van der Waals surface area contributed by atoms with Crippen LogP contribution in [0, 0.1) is 11.3 Å². The van der Waals surface area contributed by atoms with Crippen LogP contribution in [0.5, 0.6) is 0 Å². The average Bonchev–Trinajstić information content (AvgIpc) is 2.77. The number of urea groups is 1. The van der Waals surface area contributed by atoms with Crippen molar-refractivity contribution in [1.82, 2.24) is 9.78 Å². The van der Waals surface area contributed by atoms with E-state index in [1.165, 1.54) is 18.2 Å². The second-order valence-electron chi connectivity index (χ2n) is 3.92. The third-order valence-corrected chi connectivity index (χ3v) is 2.51. The van der Waals surface area contributed by atoms with E-state index in [0.717, 1.165) is 4.68 Å². The standard InChI is InChI=1S/C12H8F3N5O/c13-12(14,15)9-8(6-16)10(18-11(17)21)20(19-9)7-4-2-1-3-5-7/h1-5H,(H3,17,18,21). The lowest BCUT2D eigenvalue weighted by atomic mass is 10.2. The van der Waals surface area contributed by atoms with E-state index in [0.29, 0.717) is 0 Å². The molecule has 3 N–H and O–H groups in total. The molecule has 1 aromatic heterocycles. The van der Waals surface area contributed by atoms with Crippen LogP contribution in [0.4, 0.5) is 23.8 Å². The lowest BCUT2D eigenvalue weighted by Gasteiger charge is -2.07. The summed E-state index contributed by atoms with van der Waals surface area (Å²) >= 11 is 0. The molecule has 0 radical (unpaired) electrons. The molecule has 0 fully saturated rings. The second-order valence-corrected chi connectivity index (χ2v) is 3.92. The normalized spacial score (nSPS) is 11.0. The molecule has 0 spiro atoms. The van der Waals surface area contributed by atoms with Gasteiger partial charge in [0.15, 0.2) is 11.5 Å². The van der Waals surface area contributed by atoms with E-state index < -0.39 is 29.3 Å². The number of nitrogens with two attached hydrogens (primary N) is 1. The average molecular weight is 295 g/mol. The summed E-state index contributed by atoms with van der Waals surface area (Å²) in [5.74, 6) is -0.427. The van der Waals surface area contributed by atoms with Crippen molar-refractivity contribution in [2.45, 2.75) is 6.18 Å². The molecule has 6 nitrogen and oxygen atoms in total. The Kier molecular flexibility index (Phi) is 3.54. The van der Waals surface area contributed by atoms with Crippen molar-refractivity contribution in [2.75, 3.05) is 5.32 Å². The molecule has 0 saturated carbocycles. The summed E-state index contributed by atoms with van der Waals surface area (Å²) in [7, 11) is 0. The van der Waals surface area contributed by atoms with E-state index in [9.17, 15) is 18.0 Å². The molecular formula is C12H8F3N5O. The largest absolute Gasteiger partial charge is 0.436 e. The Hall–Kier alpha value is -3.02. The van der Waals surface area contributed by atoms with E-state index in [1.54, 1.807) is 18.2 Å². The van der Waals surface area contributed by atoms with E-state index in [1.807, 2.05) is 5.32 Å². The van der Waals surface area contributed by atoms with Gasteiger partial charge in [0, 0.05) is 0 Å². The number of aromatic nitrogens is 2. The van der Waals surface area contributed by atoms with E-state index in [-0.39, 0.29) is 5.69 Å². The number of alkyl halides is 3. The molecule has 108 valence electrons. The Morgan fingerprint density at radius 1 is 1.33 bits per heavy atom. The number of primary amides is 1. The van der Waals surface area contributed by atoms with Gasteiger partial charge in [-0.25, -0.2) is 9.48 Å². The molecule has 0 aliphatic carbocycles. The highest BCUT2D eigenvalue weighted by Gasteiger charge is 2.40. The lowest BCUT2D eigenvalue weighted by Crippen LogP contribution is -2.22. The summed E-state index contributed by atoms with van der Waals surface area (Å²) in [4.78, 5) is 11.0. The molecular weight excluding hydrogens is 287 g/mol. The van der Waals surface area contributed by atoms with Gasteiger partial charge < -0.3 is 5.73 Å². The fraction of sp³-hybridized carbons (Fsp3) is 0.0833. The number of para-hydroxylation sites is 1. The van der Waals surface area contributed by atoms with Crippen LogP contribution >= 0.6 is 0 Å². The van der Waals surface area contributed by atoms with Crippen LogP contribution < -0.4 is 11.1 Å². The fourth-order valence-electron chi connectivity index (χ4n) is 1.71. The Labute approximate surface area is 116 Å². The summed E-state index contributed by atoms with van der Waals surface area (Å²) < 4.78 is 39.5. The lowest BCUT2D eigenvalue weighted by molar-refractivity contribution is -0.141. The van der Waals surface area contributed by atoms with Gasteiger partial charge in [-0.2, -0.15) is 23.5 Å². The topological polar surface area (TPSA) is 96.7 Å². The molecule has 0 bridgehead atoms. The van der Waals surface area contributed by atoms with E-state index in [4.69, 9.17) is 11.0 Å². The fourth-order valence-corrected chi connectivity index (χ4v) is 1.71. The number of nitrogens with zero attached hydrogens (tertiary/aromatic N) is 3. The number of carbonyl (C=O) groups is 1. The molecule has 0 atom stereocenters. The van der Waals surface area contributed by atoms with Crippen molar-refractivity contribution in [3.8, 4) is 11.8 Å². The third-order valence-electron chi connectivity index (χ3n) is 2.51. The van der Waals surface area contributed by atoms with Crippen LogP contribution in [0.2, 0.25) is 0 Å². The van der Waals surface area contributed by atoms with Crippen LogP contribution in [0.25, 0.3) is 5.69 Å². The Balaban J connectivity index is 2.72. The first-order valence-electron chi connectivity index (χ1n) is 5.56. The highest BCUT2D eigenvalue weighted by atomic mass is 19.4. The quantitative estimate of drug-likeness (QED) is 0.889. The van der Waals surface area contributed by atoms with Crippen molar-refractivity contribution in [1.29, 1.82) is 5.26 Å². The molecule has 1 heterocycles. The Morgan fingerprint density at radius 2 is 1.95 bits per heavy atom. The number of amides is 2. The SMILES string of the molecule is N#Cc1c(C(F)(F)F)nn(-c2ccccc2)c1NC(N)=O. The number of hydrogen-bond acceptors (Lipinski definition) is 3. The van der Waals surface area contributed by atoms with Crippen molar-refractivity contribution in [3.63, 3.8) is 0 Å². The maximum Gasteiger partial charge on any atom is 0.436 e. The van der Waals surface area contributed by atoms with Gasteiger partial charge in [0.1, 0.15) is 11.6 Å². The van der Waals surface area contributed by atoms with Crippen LogP contribution in [0.15, 0.2) is 30.3 Å². The molecule has 9 heteroatoms. The number of carbonyl (C=O) groups excluding carboxylic acids is 1. The van der Waals surface area contributed by atoms with Crippen LogP contribution in [0.3, 0.4) is 0 Å². The molecule has 21 heavy (non-hydrogen) atoms. The number of rotatable bonds is 2. The number of halogens is 3. The molecule has 1 aromatic carbocycles. The first kappa shape index (κ1) is 14.4. The van der Waals surface area contributed by atoms with Gasteiger partial charge in [-0.15, -0.1) is 0 Å². The van der Waals surface area contributed by atoms with Gasteiger partial charge in [0.05, 0.1) is 5.69 Å². The van der Waals surface area contributed by atoms with Crippen molar-refractivity contribution >= 4 is 11.8 Å². The highest BCUT2D eigenvalue weighted by molar-refractivity contribution is 5.89. The summed E-state index contributed by atoms with van der Waals surface area (Å²) in [5, 5.41) is 14.3. The Bertz CT molecular complexity index is 715. The van der Waals surface area contributed by atoms with Gasteiger partial charge in [-0.05, 0) is 12.1 Å². The molecule has 0 unspecified atom stereocenters. The van der Waals surface area contributed by atoms with Gasteiger partial charge >= 0.3 is 12.2 Å². The summed E-state index contributed by atoms with van der Waals surface area (Å²) in [6.07, 6.45) is -4.83. The second kappa shape index (κ2) is 5.16. The zero-order valence-corrected chi connectivity index (χ0v) is 10.3. The molecule has 0 aliphatic heterocycles. The van der Waals surface area contributed by atoms with Crippen molar-refractivity contribution in [3.05, 3.63) is 41.6 Å². The van der Waals surface area contributed by atoms with Gasteiger partial charge in [-0.1, -0.05) is 18.2 Å². The minimum Gasteiger partial charge on any atom is -0.351 e. The summed E-state index contributed by atoms with van der Waals surface area (Å²) in [6.45, 7) is 0. The van der Waals surface area contributed by atoms with E-state index in [2.05, 4.69) is 5.10 Å². The smallest absolute Gasteiger partial charge is 0.351 e. The van der Waals surface area contributed by atoms with Crippen molar-refractivity contribution < 1.29 is 18.0 Å². The number of nitriles is 1. The third kappa shape index (κ3) is 2.79. The van der Waals surface area contributed by atoms with Crippen molar-refractivity contribution in [2.24, 2.45) is 5.73 Å². The van der Waals surface area contributed by atoms with E-state index >= 15 is 0 Å². The molecule has 0 aliphatic rings. The first-order chi connectivity index (χ1) is 9.84. The number of nitrogens with one attached hydrogen (secondary N) is 1. The molecule has 2 rings (SSSR count). The zero-order valence-electron chi connectivity index (χ0n) is 10.3. The monoisotopic (exact) mass is 295 g/mol. The van der Waals surface area contributed by atoms with Crippen LogP contribution in [0.1, 0.15) is 11.3 Å². The van der Waals surface area contributed by atoms with Crippen LogP contribution in [-0.2, 0) is 6.18 Å². The number of hydrogen-bond donors (Lipinski definition) is 2. The number of anilines is 1. The molecule has 0 saturated heterocycles. The predicted molar refractivity (Wildman–Crippen MR) is 66.5 cm³/mol. The number of benzene rings is 1. The van der Waals surface area contributed by atoms with Gasteiger partial charge in [-0.3, -0.25) is 5.32 Å². The Morgan fingerprint density at radius 3 is 2.43 bits per heavy atom. The minimum atomic E-state index is -4.83. The van der Waals surface area contributed by atoms with Crippen LogP contribution in [-0.4, -0.2) is 15.8 Å². The molecule has 2 amide bonds. The maximum absolute atomic E-state index is 12.9. The molecule has 2 aromatic rings.